The molecule has 0 amide bonds. The number of aliphatic hydroxyl groups is 1. The Morgan fingerprint density at radius 2 is 2.15 bits per heavy atom. The van der Waals surface area contributed by atoms with Crippen molar-refractivity contribution >= 4 is 28.9 Å². The smallest absolute Gasteiger partial charge is 0.386 e. The fraction of sp³-hybridized carbons (Fsp3) is 0.467. The van der Waals surface area contributed by atoms with Crippen LogP contribution in [0.25, 0.3) is 0 Å². The molecule has 6 nitrogen and oxygen atoms in total. The Kier molecular flexibility index (Phi) is 6.90. The van der Waals surface area contributed by atoms with E-state index in [4.69, 9.17) is 11.6 Å². The van der Waals surface area contributed by atoms with Gasteiger partial charge in [0.1, 0.15) is 6.10 Å². The van der Waals surface area contributed by atoms with E-state index in [2.05, 4.69) is 20.7 Å². The molecule has 2 rings (SSSR count). The third-order valence-corrected chi connectivity index (χ3v) is 4.64. The number of aryl methyl sites for hydroxylation is 1. The van der Waals surface area contributed by atoms with Gasteiger partial charge in [0.2, 0.25) is 0 Å². The van der Waals surface area contributed by atoms with Crippen LogP contribution in [-0.2, 0) is 19.8 Å². The van der Waals surface area contributed by atoms with Gasteiger partial charge in [-0.25, -0.2) is 4.99 Å². The van der Waals surface area contributed by atoms with Crippen LogP contribution in [0.15, 0.2) is 23.3 Å². The molecular formula is C15H19ClF3N5OS. The van der Waals surface area contributed by atoms with Crippen LogP contribution in [0.1, 0.15) is 29.2 Å². The second kappa shape index (κ2) is 8.74. The van der Waals surface area contributed by atoms with E-state index >= 15 is 0 Å². The topological polar surface area (TPSA) is 74.5 Å². The normalized spacial score (nSPS) is 13.7. The molecule has 0 bridgehead atoms. The van der Waals surface area contributed by atoms with Crippen LogP contribution < -0.4 is 10.6 Å². The summed E-state index contributed by atoms with van der Waals surface area (Å²) < 4.78 is 40.6. The van der Waals surface area contributed by atoms with Gasteiger partial charge in [0.25, 0.3) is 0 Å². The molecule has 144 valence electrons. The number of hydrogen-bond donors (Lipinski definition) is 3. The predicted molar refractivity (Wildman–Crippen MR) is 95.3 cm³/mol. The largest absolute Gasteiger partial charge is 0.435 e. The van der Waals surface area contributed by atoms with Gasteiger partial charge < -0.3 is 15.7 Å². The van der Waals surface area contributed by atoms with Crippen molar-refractivity contribution < 1.29 is 18.3 Å². The summed E-state index contributed by atoms with van der Waals surface area (Å²) in [7, 11) is 1.43. The Balaban J connectivity index is 2.05. The highest BCUT2D eigenvalue weighted by Crippen LogP contribution is 2.31. The summed E-state index contributed by atoms with van der Waals surface area (Å²) in [6, 6.07) is 3.40. The maximum absolute atomic E-state index is 13.0. The van der Waals surface area contributed by atoms with Gasteiger partial charge in [0.15, 0.2) is 11.7 Å². The van der Waals surface area contributed by atoms with Crippen LogP contribution >= 0.6 is 22.9 Å². The van der Waals surface area contributed by atoms with Crippen molar-refractivity contribution in [1.82, 2.24) is 20.4 Å². The van der Waals surface area contributed by atoms with Crippen LogP contribution in [0.2, 0.25) is 4.34 Å². The number of alkyl halides is 3. The van der Waals surface area contributed by atoms with Gasteiger partial charge in [-0.1, -0.05) is 11.6 Å². The quantitative estimate of drug-likeness (QED) is 0.506. The van der Waals surface area contributed by atoms with Gasteiger partial charge in [-0.15, -0.1) is 11.3 Å². The number of guanidine groups is 1. The Morgan fingerprint density at radius 1 is 1.42 bits per heavy atom. The molecule has 0 aliphatic rings. The Labute approximate surface area is 157 Å². The van der Waals surface area contributed by atoms with Crippen LogP contribution in [-0.4, -0.2) is 33.9 Å². The third kappa shape index (κ3) is 5.61. The average Bonchev–Trinajstić information content (AvgIpc) is 3.15. The van der Waals surface area contributed by atoms with Crippen LogP contribution in [0, 0.1) is 0 Å². The lowest BCUT2D eigenvalue weighted by molar-refractivity contribution is -0.142. The molecule has 0 radical (unpaired) electrons. The van der Waals surface area contributed by atoms with Crippen molar-refractivity contribution in [3.05, 3.63) is 38.8 Å². The highest BCUT2D eigenvalue weighted by Gasteiger charge is 2.36. The summed E-state index contributed by atoms with van der Waals surface area (Å²) in [4.78, 5) is 4.83. The van der Waals surface area contributed by atoms with Crippen molar-refractivity contribution in [3.63, 3.8) is 0 Å². The Hall–Kier alpha value is -1.78. The van der Waals surface area contributed by atoms with Crippen LogP contribution in [0.5, 0.6) is 0 Å². The number of nitrogens with zero attached hydrogens (tertiary/aromatic N) is 3. The highest BCUT2D eigenvalue weighted by molar-refractivity contribution is 7.16. The number of aromatic nitrogens is 2. The van der Waals surface area contributed by atoms with Crippen molar-refractivity contribution in [1.29, 1.82) is 0 Å². The zero-order chi connectivity index (χ0) is 19.3. The van der Waals surface area contributed by atoms with Crippen molar-refractivity contribution in [2.24, 2.45) is 12.0 Å². The second-order valence-corrected chi connectivity index (χ2v) is 7.15. The van der Waals surface area contributed by atoms with E-state index in [1.54, 1.807) is 12.1 Å². The summed E-state index contributed by atoms with van der Waals surface area (Å²) in [6.07, 6.45) is -4.05. The van der Waals surface area contributed by atoms with E-state index in [1.165, 1.54) is 24.6 Å². The van der Waals surface area contributed by atoms with E-state index in [-0.39, 0.29) is 18.7 Å². The lowest BCUT2D eigenvalue weighted by Crippen LogP contribution is -2.39. The maximum Gasteiger partial charge on any atom is 0.435 e. The minimum Gasteiger partial charge on any atom is -0.386 e. The van der Waals surface area contributed by atoms with Gasteiger partial charge in [-0.3, -0.25) is 4.68 Å². The molecule has 0 saturated carbocycles. The second-order valence-electron chi connectivity index (χ2n) is 5.41. The van der Waals surface area contributed by atoms with Gasteiger partial charge in [0.05, 0.1) is 10.9 Å². The lowest BCUT2D eigenvalue weighted by atomic mass is 10.2. The number of thiophene rings is 1. The fourth-order valence-electron chi connectivity index (χ4n) is 2.20. The molecule has 0 aliphatic heterocycles. The summed E-state index contributed by atoms with van der Waals surface area (Å²) in [5.41, 5.74) is -0.976. The van der Waals surface area contributed by atoms with E-state index in [0.717, 1.165) is 4.68 Å². The molecule has 2 aromatic heterocycles. The maximum atomic E-state index is 13.0. The summed E-state index contributed by atoms with van der Waals surface area (Å²) in [6.45, 7) is 2.30. The standard InChI is InChI=1S/C15H19ClF3N5OS/c1-3-20-14(22-7-10(25)11-4-5-12(16)26-11)21-6-9-8-24(2)23-13(9)15(17,18)19/h4-5,8,10,25H,3,6-7H2,1-2H3,(H2,20,21,22). The monoisotopic (exact) mass is 409 g/mol. The predicted octanol–water partition coefficient (Wildman–Crippen LogP) is 2.94. The first kappa shape index (κ1) is 20.5. The molecule has 3 N–H and O–H groups in total. The SMILES string of the molecule is CCNC(=NCc1cn(C)nc1C(F)(F)F)NCC(O)c1ccc(Cl)s1. The van der Waals surface area contributed by atoms with Gasteiger partial charge in [-0.05, 0) is 19.1 Å². The van der Waals surface area contributed by atoms with Gasteiger partial charge >= 0.3 is 6.18 Å². The zero-order valence-corrected chi connectivity index (χ0v) is 15.7. The van der Waals surface area contributed by atoms with Crippen LogP contribution in [0.4, 0.5) is 13.2 Å². The number of nitrogens with one attached hydrogen (secondary N) is 2. The molecule has 2 aromatic rings. The Bertz CT molecular complexity index is 759. The number of aliphatic hydroxyl groups excluding tert-OH is 1. The average molecular weight is 410 g/mol. The Morgan fingerprint density at radius 3 is 2.73 bits per heavy atom. The first-order valence-corrected chi connectivity index (χ1v) is 8.95. The first-order chi connectivity index (χ1) is 12.2. The van der Waals surface area contributed by atoms with Crippen molar-refractivity contribution in [3.8, 4) is 0 Å². The number of hydrogen-bond acceptors (Lipinski definition) is 4. The molecule has 2 heterocycles. The van der Waals surface area contributed by atoms with Crippen molar-refractivity contribution in [2.45, 2.75) is 25.7 Å². The van der Waals surface area contributed by atoms with Gasteiger partial charge in [-0.2, -0.15) is 18.3 Å². The molecule has 0 aromatic carbocycles. The molecule has 0 fully saturated rings. The minimum atomic E-state index is -4.54. The van der Waals surface area contributed by atoms with E-state index in [0.29, 0.717) is 21.7 Å². The summed E-state index contributed by atoms with van der Waals surface area (Å²) >= 11 is 7.10. The molecular weight excluding hydrogens is 391 g/mol. The lowest BCUT2D eigenvalue weighted by Gasteiger charge is -2.14. The summed E-state index contributed by atoms with van der Waals surface area (Å²) in [5, 5.41) is 19.4. The van der Waals surface area contributed by atoms with E-state index < -0.39 is 18.0 Å². The molecule has 1 unspecified atom stereocenters. The van der Waals surface area contributed by atoms with Gasteiger partial charge in [0, 0.05) is 36.8 Å². The van der Waals surface area contributed by atoms with E-state index in [1.807, 2.05) is 6.92 Å². The third-order valence-electron chi connectivity index (χ3n) is 3.31. The van der Waals surface area contributed by atoms with Crippen LogP contribution in [0.3, 0.4) is 0 Å². The molecule has 0 spiro atoms. The molecule has 26 heavy (non-hydrogen) atoms. The number of halogens is 4. The van der Waals surface area contributed by atoms with Crippen molar-refractivity contribution in [2.75, 3.05) is 13.1 Å². The number of aliphatic imine (C=N–C) groups is 1. The minimum absolute atomic E-state index is 0.0252. The number of rotatable bonds is 6. The molecule has 0 aliphatic carbocycles. The summed E-state index contributed by atoms with van der Waals surface area (Å²) in [5.74, 6) is 0.297. The molecule has 1 atom stereocenters. The molecule has 0 saturated heterocycles. The highest BCUT2D eigenvalue weighted by atomic mass is 35.5. The van der Waals surface area contributed by atoms with E-state index in [9.17, 15) is 18.3 Å². The first-order valence-electron chi connectivity index (χ1n) is 7.76. The molecule has 11 heteroatoms. The fourth-order valence-corrected chi connectivity index (χ4v) is 3.25. The zero-order valence-electron chi connectivity index (χ0n) is 14.1.